The Labute approximate surface area is 86.8 Å². The molecule has 2 rings (SSSR count). The molecule has 0 spiro atoms. The van der Waals surface area contributed by atoms with Crippen molar-refractivity contribution >= 4 is 0 Å². The van der Waals surface area contributed by atoms with E-state index in [9.17, 15) is 0 Å². The van der Waals surface area contributed by atoms with Crippen molar-refractivity contribution in [3.05, 3.63) is 0 Å². The summed E-state index contributed by atoms with van der Waals surface area (Å²) in [6.45, 7) is 9.75. The number of hydrogen-bond acceptors (Lipinski definition) is 3. The Morgan fingerprint density at radius 1 is 1.50 bits per heavy atom. The second kappa shape index (κ2) is 4.17. The highest BCUT2D eigenvalue weighted by molar-refractivity contribution is 4.97. The Morgan fingerprint density at radius 3 is 2.86 bits per heavy atom. The molecule has 0 aromatic heterocycles. The highest BCUT2D eigenvalue weighted by Gasteiger charge is 2.42. The van der Waals surface area contributed by atoms with E-state index in [1.54, 1.807) is 0 Å². The minimum Gasteiger partial charge on any atom is -0.373 e. The molecule has 2 saturated heterocycles. The van der Waals surface area contributed by atoms with Crippen LogP contribution in [0.5, 0.6) is 0 Å². The Hall–Kier alpha value is -0.120. The summed E-state index contributed by atoms with van der Waals surface area (Å²) >= 11 is 0. The van der Waals surface area contributed by atoms with Gasteiger partial charge in [0.15, 0.2) is 0 Å². The molecule has 0 saturated carbocycles. The van der Waals surface area contributed by atoms with E-state index in [0.717, 1.165) is 25.7 Å². The molecule has 2 aliphatic rings. The highest BCUT2D eigenvalue weighted by atomic mass is 16.5. The Morgan fingerprint density at radius 2 is 2.29 bits per heavy atom. The molecule has 1 N–H and O–H groups in total. The van der Waals surface area contributed by atoms with E-state index in [4.69, 9.17) is 4.74 Å². The van der Waals surface area contributed by atoms with E-state index in [0.29, 0.717) is 0 Å². The third-order valence-corrected chi connectivity index (χ3v) is 3.36. The summed E-state index contributed by atoms with van der Waals surface area (Å²) in [5, 5.41) is 3.46. The first-order valence-corrected chi connectivity index (χ1v) is 5.82. The maximum atomic E-state index is 5.72. The van der Waals surface area contributed by atoms with Crippen LogP contribution in [0.25, 0.3) is 0 Å². The maximum absolute atomic E-state index is 5.72. The second-order valence-corrected chi connectivity index (χ2v) is 4.79. The summed E-state index contributed by atoms with van der Waals surface area (Å²) in [4.78, 5) is 2.56. The first-order valence-electron chi connectivity index (χ1n) is 5.82. The summed E-state index contributed by atoms with van der Waals surface area (Å²) < 4.78 is 5.72. The third kappa shape index (κ3) is 2.10. The lowest BCUT2D eigenvalue weighted by Gasteiger charge is -2.51. The van der Waals surface area contributed by atoms with Gasteiger partial charge in [0.05, 0.1) is 5.60 Å². The fourth-order valence-electron chi connectivity index (χ4n) is 2.66. The van der Waals surface area contributed by atoms with Gasteiger partial charge in [-0.25, -0.2) is 0 Å². The molecular weight excluding hydrogens is 176 g/mol. The normalized spacial score (nSPS) is 32.6. The number of rotatable bonds is 3. The molecular formula is C11H22N2O. The van der Waals surface area contributed by atoms with Gasteiger partial charge in [-0.15, -0.1) is 0 Å². The van der Waals surface area contributed by atoms with E-state index in [-0.39, 0.29) is 5.60 Å². The molecule has 0 radical (unpaired) electrons. The summed E-state index contributed by atoms with van der Waals surface area (Å²) in [5.41, 5.74) is 0.145. The SMILES string of the molecule is CCOC1(C)CN(C2CCCNC2)C1. The minimum atomic E-state index is 0.145. The van der Waals surface area contributed by atoms with Crippen LogP contribution in [0.15, 0.2) is 0 Å². The van der Waals surface area contributed by atoms with E-state index in [2.05, 4.69) is 24.1 Å². The zero-order valence-corrected chi connectivity index (χ0v) is 9.38. The van der Waals surface area contributed by atoms with Gasteiger partial charge in [-0.3, -0.25) is 4.90 Å². The molecule has 0 aromatic carbocycles. The lowest BCUT2D eigenvalue weighted by Crippen LogP contribution is -2.66. The van der Waals surface area contributed by atoms with Crippen molar-refractivity contribution in [2.75, 3.05) is 32.8 Å². The van der Waals surface area contributed by atoms with Gasteiger partial charge in [0.2, 0.25) is 0 Å². The average molecular weight is 198 g/mol. The number of likely N-dealkylation sites (tertiary alicyclic amines) is 1. The summed E-state index contributed by atoms with van der Waals surface area (Å²) in [7, 11) is 0. The topological polar surface area (TPSA) is 24.5 Å². The third-order valence-electron chi connectivity index (χ3n) is 3.36. The molecule has 2 heterocycles. The predicted molar refractivity (Wildman–Crippen MR) is 57.5 cm³/mol. The zero-order chi connectivity index (χ0) is 10.0. The van der Waals surface area contributed by atoms with Crippen LogP contribution in [0.1, 0.15) is 26.7 Å². The first kappa shape index (κ1) is 10.4. The molecule has 3 heteroatoms. The average Bonchev–Trinajstić information content (AvgIpc) is 2.16. The minimum absolute atomic E-state index is 0.145. The summed E-state index contributed by atoms with van der Waals surface area (Å²) in [6.07, 6.45) is 2.68. The monoisotopic (exact) mass is 198 g/mol. The van der Waals surface area contributed by atoms with Crippen LogP contribution in [0.2, 0.25) is 0 Å². The molecule has 1 atom stereocenters. The highest BCUT2D eigenvalue weighted by Crippen LogP contribution is 2.28. The number of hydrogen-bond donors (Lipinski definition) is 1. The molecule has 82 valence electrons. The van der Waals surface area contributed by atoms with Crippen LogP contribution in [0.3, 0.4) is 0 Å². The quantitative estimate of drug-likeness (QED) is 0.727. The molecule has 0 amide bonds. The van der Waals surface area contributed by atoms with E-state index in [1.165, 1.54) is 25.9 Å². The number of nitrogens with one attached hydrogen (secondary N) is 1. The van der Waals surface area contributed by atoms with Gasteiger partial charge in [-0.05, 0) is 33.2 Å². The maximum Gasteiger partial charge on any atom is 0.0906 e. The smallest absolute Gasteiger partial charge is 0.0906 e. The van der Waals surface area contributed by atoms with Gasteiger partial charge in [-0.2, -0.15) is 0 Å². The van der Waals surface area contributed by atoms with E-state index in [1.807, 2.05) is 0 Å². The molecule has 14 heavy (non-hydrogen) atoms. The number of ether oxygens (including phenoxy) is 1. The van der Waals surface area contributed by atoms with Gasteiger partial charge < -0.3 is 10.1 Å². The number of piperidine rings is 1. The van der Waals surface area contributed by atoms with Crippen molar-refractivity contribution in [2.24, 2.45) is 0 Å². The van der Waals surface area contributed by atoms with Crippen molar-refractivity contribution in [1.82, 2.24) is 10.2 Å². The summed E-state index contributed by atoms with van der Waals surface area (Å²) in [6, 6.07) is 0.761. The van der Waals surface area contributed by atoms with E-state index >= 15 is 0 Å². The Bertz CT molecular complexity index is 184. The van der Waals surface area contributed by atoms with Crippen LogP contribution in [-0.4, -0.2) is 49.3 Å². The largest absolute Gasteiger partial charge is 0.373 e. The zero-order valence-electron chi connectivity index (χ0n) is 9.38. The van der Waals surface area contributed by atoms with Crippen molar-refractivity contribution < 1.29 is 4.74 Å². The predicted octanol–water partition coefficient (Wildman–Crippen LogP) is 0.849. The lowest BCUT2D eigenvalue weighted by molar-refractivity contribution is -0.143. The summed E-state index contributed by atoms with van der Waals surface area (Å²) in [5.74, 6) is 0. The Balaban J connectivity index is 1.75. The van der Waals surface area contributed by atoms with Gasteiger partial charge in [0, 0.05) is 32.3 Å². The van der Waals surface area contributed by atoms with Crippen LogP contribution in [-0.2, 0) is 4.74 Å². The fraction of sp³-hybridized carbons (Fsp3) is 1.00. The first-order chi connectivity index (χ1) is 6.73. The van der Waals surface area contributed by atoms with Gasteiger partial charge in [0.1, 0.15) is 0 Å². The van der Waals surface area contributed by atoms with Gasteiger partial charge in [-0.1, -0.05) is 0 Å². The second-order valence-electron chi connectivity index (χ2n) is 4.79. The molecule has 0 aromatic rings. The van der Waals surface area contributed by atoms with Gasteiger partial charge in [0.25, 0.3) is 0 Å². The lowest BCUT2D eigenvalue weighted by atomic mass is 9.91. The van der Waals surface area contributed by atoms with Crippen molar-refractivity contribution in [3.8, 4) is 0 Å². The molecule has 1 unspecified atom stereocenters. The van der Waals surface area contributed by atoms with Crippen LogP contribution in [0.4, 0.5) is 0 Å². The molecule has 0 bridgehead atoms. The van der Waals surface area contributed by atoms with Gasteiger partial charge >= 0.3 is 0 Å². The molecule has 2 aliphatic heterocycles. The van der Waals surface area contributed by atoms with Crippen LogP contribution < -0.4 is 5.32 Å². The van der Waals surface area contributed by atoms with Crippen molar-refractivity contribution in [2.45, 2.75) is 38.3 Å². The molecule has 3 nitrogen and oxygen atoms in total. The van der Waals surface area contributed by atoms with E-state index < -0.39 is 0 Å². The van der Waals surface area contributed by atoms with Crippen LogP contribution >= 0.6 is 0 Å². The number of nitrogens with zero attached hydrogens (tertiary/aromatic N) is 1. The molecule has 2 fully saturated rings. The fourth-order valence-corrected chi connectivity index (χ4v) is 2.66. The Kier molecular flexibility index (Phi) is 3.10. The van der Waals surface area contributed by atoms with Crippen molar-refractivity contribution in [3.63, 3.8) is 0 Å². The van der Waals surface area contributed by atoms with Crippen LogP contribution in [0, 0.1) is 0 Å². The molecule has 0 aliphatic carbocycles. The van der Waals surface area contributed by atoms with Crippen molar-refractivity contribution in [1.29, 1.82) is 0 Å². The standard InChI is InChI=1S/C11H22N2O/c1-3-14-11(2)8-13(9-11)10-5-4-6-12-7-10/h10,12H,3-9H2,1-2H3.